The summed E-state index contributed by atoms with van der Waals surface area (Å²) in [6.45, 7) is 2.04. The van der Waals surface area contributed by atoms with Gasteiger partial charge in [-0.05, 0) is 0 Å². The number of rotatable bonds is 1. The number of hydrogen-bond acceptors (Lipinski definition) is 3. The molecule has 64 valence electrons. The highest BCUT2D eigenvalue weighted by atomic mass is 32.2. The summed E-state index contributed by atoms with van der Waals surface area (Å²) in [5, 5.41) is -0.785. The molecule has 1 unspecified atom stereocenters. The number of nitrogens with zero attached hydrogens (tertiary/aromatic N) is 1. The Labute approximate surface area is 67.1 Å². The van der Waals surface area contributed by atoms with E-state index in [1.165, 1.54) is 4.31 Å². The first-order chi connectivity index (χ1) is 5.22. The lowest BCUT2D eigenvalue weighted by Gasteiger charge is -2.23. The van der Waals surface area contributed by atoms with Gasteiger partial charge in [-0.2, -0.15) is 0 Å². The van der Waals surface area contributed by atoms with Gasteiger partial charge in [-0.1, -0.05) is 0 Å². The first-order valence-electron chi connectivity index (χ1n) is 3.26. The number of carbonyl (C=O) groups is 1. The van der Waals surface area contributed by atoms with Crippen molar-refractivity contribution in [1.29, 1.82) is 0 Å². The van der Waals surface area contributed by atoms with Gasteiger partial charge in [0.25, 0.3) is 0 Å². The van der Waals surface area contributed by atoms with Crippen molar-refractivity contribution >= 4 is 16.2 Å². The smallest absolute Gasteiger partial charge is 0.321 e. The zero-order chi connectivity index (χ0) is 8.27. The van der Waals surface area contributed by atoms with Gasteiger partial charge in [0.1, 0.15) is 0 Å². The van der Waals surface area contributed by atoms with E-state index in [2.05, 4.69) is 0 Å². The summed E-state index contributed by atoms with van der Waals surface area (Å²) in [5.74, 6) is 0. The fourth-order valence-corrected chi connectivity index (χ4v) is 1.57. The minimum absolute atomic E-state index is 0.509. The van der Waals surface area contributed by atoms with Crippen molar-refractivity contribution in [2.45, 2.75) is 0 Å². The SMILES string of the molecule is NC(=O)S(=O)N1CCOCC1. The minimum Gasteiger partial charge on any atom is -0.379 e. The van der Waals surface area contributed by atoms with E-state index in [0.717, 1.165) is 0 Å². The molecule has 1 aliphatic heterocycles. The number of carbonyl (C=O) groups excluding carboxylic acids is 1. The molecule has 0 spiro atoms. The summed E-state index contributed by atoms with van der Waals surface area (Å²) in [6, 6.07) is 0. The van der Waals surface area contributed by atoms with Crippen LogP contribution in [0.4, 0.5) is 4.79 Å². The number of ether oxygens (including phenoxy) is 1. The Morgan fingerprint density at radius 1 is 1.45 bits per heavy atom. The molecule has 1 saturated heterocycles. The molecule has 6 heteroatoms. The highest BCUT2D eigenvalue weighted by Crippen LogP contribution is 2.00. The Balaban J connectivity index is 2.45. The number of hydrogen-bond donors (Lipinski definition) is 1. The fourth-order valence-electron chi connectivity index (χ4n) is 0.840. The molecule has 1 amide bonds. The van der Waals surface area contributed by atoms with Crippen molar-refractivity contribution in [2.75, 3.05) is 26.3 Å². The maximum atomic E-state index is 11.0. The molecule has 0 saturated carbocycles. The number of amides is 1. The van der Waals surface area contributed by atoms with Crippen LogP contribution in [0.15, 0.2) is 0 Å². The summed E-state index contributed by atoms with van der Waals surface area (Å²) in [4.78, 5) is 10.4. The van der Waals surface area contributed by atoms with Crippen LogP contribution in [-0.4, -0.2) is 40.1 Å². The van der Waals surface area contributed by atoms with Gasteiger partial charge in [-0.25, -0.2) is 8.51 Å². The predicted molar refractivity (Wildman–Crippen MR) is 40.1 cm³/mol. The second kappa shape index (κ2) is 3.80. The molecule has 0 aromatic rings. The summed E-state index contributed by atoms with van der Waals surface area (Å²) in [5.41, 5.74) is 4.85. The van der Waals surface area contributed by atoms with Crippen molar-refractivity contribution in [3.8, 4) is 0 Å². The van der Waals surface area contributed by atoms with Crippen molar-refractivity contribution in [3.05, 3.63) is 0 Å². The second-order valence-electron chi connectivity index (χ2n) is 2.11. The van der Waals surface area contributed by atoms with Gasteiger partial charge in [0, 0.05) is 13.1 Å². The summed E-state index contributed by atoms with van der Waals surface area (Å²) < 4.78 is 17.5. The van der Waals surface area contributed by atoms with Crippen LogP contribution in [0, 0.1) is 0 Å². The molecule has 5 nitrogen and oxygen atoms in total. The van der Waals surface area contributed by atoms with E-state index < -0.39 is 16.2 Å². The molecule has 2 N–H and O–H groups in total. The van der Waals surface area contributed by atoms with E-state index in [-0.39, 0.29) is 0 Å². The van der Waals surface area contributed by atoms with Crippen LogP contribution in [0.5, 0.6) is 0 Å². The van der Waals surface area contributed by atoms with Crippen LogP contribution >= 0.6 is 0 Å². The molecule has 1 fully saturated rings. The first kappa shape index (κ1) is 8.63. The third-order valence-electron chi connectivity index (χ3n) is 1.38. The van der Waals surface area contributed by atoms with E-state index in [1.54, 1.807) is 0 Å². The standard InChI is InChI=1S/C5H10N2O3S/c6-5(8)11(9)7-1-3-10-4-2-7/h1-4H2,(H2,6,8). The Morgan fingerprint density at radius 2 is 2.00 bits per heavy atom. The van der Waals surface area contributed by atoms with Gasteiger partial charge in [0.05, 0.1) is 13.2 Å². The maximum Gasteiger partial charge on any atom is 0.321 e. The van der Waals surface area contributed by atoms with Crippen LogP contribution < -0.4 is 5.73 Å². The molecule has 0 aromatic carbocycles. The molecule has 1 rings (SSSR count). The first-order valence-corrected chi connectivity index (χ1v) is 4.36. The van der Waals surface area contributed by atoms with Crippen LogP contribution in [0.3, 0.4) is 0 Å². The summed E-state index contributed by atoms with van der Waals surface area (Å²) in [7, 11) is -1.67. The quantitative estimate of drug-likeness (QED) is 0.563. The lowest BCUT2D eigenvalue weighted by atomic mass is 10.5. The lowest BCUT2D eigenvalue weighted by molar-refractivity contribution is 0.0755. The van der Waals surface area contributed by atoms with E-state index in [1.807, 2.05) is 0 Å². The van der Waals surface area contributed by atoms with Crippen LogP contribution in [0.25, 0.3) is 0 Å². The van der Waals surface area contributed by atoms with E-state index in [0.29, 0.717) is 26.3 Å². The van der Waals surface area contributed by atoms with E-state index in [9.17, 15) is 9.00 Å². The number of nitrogens with two attached hydrogens (primary N) is 1. The highest BCUT2D eigenvalue weighted by Gasteiger charge is 2.20. The molecule has 11 heavy (non-hydrogen) atoms. The molecule has 0 aromatic heterocycles. The maximum absolute atomic E-state index is 11.0. The number of primary amides is 1. The van der Waals surface area contributed by atoms with Crippen LogP contribution in [0.1, 0.15) is 0 Å². The second-order valence-corrected chi connectivity index (χ2v) is 3.53. The van der Waals surface area contributed by atoms with Gasteiger partial charge in [0.15, 0.2) is 11.0 Å². The molecule has 1 aliphatic rings. The zero-order valence-electron chi connectivity index (χ0n) is 5.99. The topological polar surface area (TPSA) is 72.6 Å². The molecule has 1 atom stereocenters. The Hall–Kier alpha value is -0.460. The van der Waals surface area contributed by atoms with Crippen LogP contribution in [-0.2, 0) is 15.7 Å². The van der Waals surface area contributed by atoms with Gasteiger partial charge in [-0.3, -0.25) is 4.79 Å². The van der Waals surface area contributed by atoms with Crippen molar-refractivity contribution in [2.24, 2.45) is 5.73 Å². The molecule has 0 bridgehead atoms. The van der Waals surface area contributed by atoms with E-state index >= 15 is 0 Å². The zero-order valence-corrected chi connectivity index (χ0v) is 6.80. The predicted octanol–water partition coefficient (Wildman–Crippen LogP) is -0.939. The largest absolute Gasteiger partial charge is 0.379 e. The number of morpholine rings is 1. The summed E-state index contributed by atoms with van der Waals surface area (Å²) in [6.07, 6.45) is 0. The monoisotopic (exact) mass is 178 g/mol. The molecular weight excluding hydrogens is 168 g/mol. The minimum atomic E-state index is -1.67. The fraction of sp³-hybridized carbons (Fsp3) is 0.800. The van der Waals surface area contributed by atoms with Gasteiger partial charge in [0.2, 0.25) is 0 Å². The van der Waals surface area contributed by atoms with Crippen molar-refractivity contribution in [3.63, 3.8) is 0 Å². The van der Waals surface area contributed by atoms with Gasteiger partial charge < -0.3 is 10.5 Å². The summed E-state index contributed by atoms with van der Waals surface area (Å²) >= 11 is 0. The van der Waals surface area contributed by atoms with Gasteiger partial charge >= 0.3 is 5.24 Å². The Morgan fingerprint density at radius 3 is 2.45 bits per heavy atom. The Kier molecular flexibility index (Phi) is 2.98. The molecule has 1 heterocycles. The Bertz CT molecular complexity index is 179. The van der Waals surface area contributed by atoms with Gasteiger partial charge in [-0.15, -0.1) is 0 Å². The molecular formula is C5H10N2O3S. The lowest BCUT2D eigenvalue weighted by Crippen LogP contribution is -2.41. The third kappa shape index (κ3) is 2.25. The highest BCUT2D eigenvalue weighted by molar-refractivity contribution is 7.98. The molecule has 0 aliphatic carbocycles. The van der Waals surface area contributed by atoms with Crippen molar-refractivity contribution in [1.82, 2.24) is 4.31 Å². The average Bonchev–Trinajstić information content (AvgIpc) is 2.05. The van der Waals surface area contributed by atoms with Crippen LogP contribution in [0.2, 0.25) is 0 Å². The van der Waals surface area contributed by atoms with E-state index in [4.69, 9.17) is 10.5 Å². The normalized spacial score (nSPS) is 22.9. The third-order valence-corrected chi connectivity index (χ3v) is 2.56. The van der Waals surface area contributed by atoms with Crippen molar-refractivity contribution < 1.29 is 13.7 Å². The average molecular weight is 178 g/mol. The molecule has 0 radical (unpaired) electrons.